The van der Waals surface area contributed by atoms with E-state index in [4.69, 9.17) is 5.73 Å². The molecule has 5 aromatic rings. The van der Waals surface area contributed by atoms with Crippen LogP contribution in [0.15, 0.2) is 71.7 Å². The van der Waals surface area contributed by atoms with Crippen molar-refractivity contribution in [1.29, 1.82) is 0 Å². The maximum absolute atomic E-state index is 15.4. The van der Waals surface area contributed by atoms with Crippen molar-refractivity contribution in [3.63, 3.8) is 0 Å². The van der Waals surface area contributed by atoms with E-state index in [1.165, 1.54) is 22.8 Å². The van der Waals surface area contributed by atoms with E-state index in [1.54, 1.807) is 23.0 Å². The normalized spacial score (nSPS) is 11.2. The minimum Gasteiger partial charge on any atom is -0.493 e. The number of carbonyl (C=O) groups is 1. The van der Waals surface area contributed by atoms with Gasteiger partial charge in [-0.05, 0) is 66.3 Å². The van der Waals surface area contributed by atoms with Gasteiger partial charge in [-0.3, -0.25) is 18.8 Å². The van der Waals surface area contributed by atoms with Gasteiger partial charge in [0.1, 0.15) is 17.3 Å². The van der Waals surface area contributed by atoms with E-state index in [9.17, 15) is 19.1 Å². The number of hydrogen-bond donors (Lipinski definition) is 2. The Hall–Kier alpha value is -5.12. The Morgan fingerprint density at radius 3 is 2.26 bits per heavy atom. The van der Waals surface area contributed by atoms with Gasteiger partial charge in [-0.2, -0.15) is 10.1 Å². The first-order valence-corrected chi connectivity index (χ1v) is 14.0. The van der Waals surface area contributed by atoms with Crippen LogP contribution in [0.3, 0.4) is 0 Å². The van der Waals surface area contributed by atoms with Gasteiger partial charge in [0.05, 0.1) is 11.3 Å². The van der Waals surface area contributed by atoms with Crippen LogP contribution < -0.4 is 11.3 Å². The number of benzene rings is 3. The van der Waals surface area contributed by atoms with Gasteiger partial charge in [-0.15, -0.1) is 0 Å². The Labute approximate surface area is 247 Å². The number of halogens is 2. The molecule has 0 radical (unpaired) electrons. The number of nitrogens with zero attached hydrogens (tertiary/aromatic N) is 4. The summed E-state index contributed by atoms with van der Waals surface area (Å²) in [4.78, 5) is 30.6. The van der Waals surface area contributed by atoms with E-state index in [0.29, 0.717) is 36.3 Å². The second-order valence-corrected chi connectivity index (χ2v) is 10.1. The van der Waals surface area contributed by atoms with Gasteiger partial charge in [0.25, 0.3) is 5.56 Å². The molecule has 220 valence electrons. The van der Waals surface area contributed by atoms with Crippen molar-refractivity contribution in [3.8, 4) is 34.2 Å². The molecule has 0 saturated carbocycles. The molecular weight excluding hydrogens is 552 g/mol. The zero-order chi connectivity index (χ0) is 30.8. The number of nitrogens with two attached hydrogens (primary N) is 1. The summed E-state index contributed by atoms with van der Waals surface area (Å²) in [7, 11) is 0. The van der Waals surface area contributed by atoms with E-state index < -0.39 is 29.0 Å². The minimum atomic E-state index is -0.891. The number of aryl methyl sites for hydroxylation is 3. The van der Waals surface area contributed by atoms with Crippen molar-refractivity contribution in [2.24, 2.45) is 5.73 Å². The molecule has 0 fully saturated rings. The van der Waals surface area contributed by atoms with Crippen LogP contribution in [0.1, 0.15) is 53.4 Å². The molecule has 3 aromatic carbocycles. The lowest BCUT2D eigenvalue weighted by Crippen LogP contribution is -2.27. The molecule has 0 aliphatic heterocycles. The topological polar surface area (TPSA) is 116 Å². The Bertz CT molecular complexity index is 1890. The van der Waals surface area contributed by atoms with Gasteiger partial charge in [-0.1, -0.05) is 50.2 Å². The maximum atomic E-state index is 15.4. The molecule has 1 amide bonds. The van der Waals surface area contributed by atoms with Crippen molar-refractivity contribution in [2.45, 2.75) is 46.6 Å². The predicted molar refractivity (Wildman–Crippen MR) is 160 cm³/mol. The molecule has 8 nitrogen and oxygen atoms in total. The summed E-state index contributed by atoms with van der Waals surface area (Å²) < 4.78 is 32.4. The van der Waals surface area contributed by atoms with Gasteiger partial charge < -0.3 is 10.8 Å². The third-order valence-corrected chi connectivity index (χ3v) is 7.49. The fourth-order valence-electron chi connectivity index (χ4n) is 5.28. The highest BCUT2D eigenvalue weighted by atomic mass is 19.1. The Balaban J connectivity index is 1.66. The minimum absolute atomic E-state index is 0.0154. The van der Waals surface area contributed by atoms with Crippen molar-refractivity contribution >= 4 is 5.91 Å². The van der Waals surface area contributed by atoms with Gasteiger partial charge in [0, 0.05) is 30.3 Å². The SMILES string of the molecule is CCc1cccc(CC)c1-n1c(-c2ccn(CC)n2)nc(O)c(Cc2ccc(-c3ccc(F)cc3C(N)=O)c(F)c2)c1=O. The Morgan fingerprint density at radius 1 is 0.953 bits per heavy atom. The van der Waals surface area contributed by atoms with Crippen LogP contribution in [0.4, 0.5) is 8.78 Å². The molecule has 0 atom stereocenters. The second kappa shape index (κ2) is 12.0. The number of rotatable bonds is 9. The first-order valence-electron chi connectivity index (χ1n) is 14.0. The van der Waals surface area contributed by atoms with Crippen molar-refractivity contribution in [1.82, 2.24) is 19.3 Å². The summed E-state index contributed by atoms with van der Waals surface area (Å²) in [6, 6.07) is 15.2. The quantitative estimate of drug-likeness (QED) is 0.235. The molecule has 2 aromatic heterocycles. The number of aromatic nitrogens is 4. The van der Waals surface area contributed by atoms with E-state index in [1.807, 2.05) is 39.0 Å². The van der Waals surface area contributed by atoms with Crippen LogP contribution in [0, 0.1) is 11.6 Å². The number of aromatic hydroxyl groups is 1. The number of hydrogen-bond acceptors (Lipinski definition) is 5. The second-order valence-electron chi connectivity index (χ2n) is 10.1. The molecule has 43 heavy (non-hydrogen) atoms. The molecule has 0 bridgehead atoms. The highest BCUT2D eigenvalue weighted by Crippen LogP contribution is 2.31. The summed E-state index contributed by atoms with van der Waals surface area (Å²) in [6.45, 7) is 6.55. The standard InChI is InChI=1S/C33H31F2N5O3/c1-4-20-8-7-9-21(5-2)29(20)40-31(28-14-15-39(6-3)38-28)37-32(42)26(33(40)43)16-19-10-12-24(27(35)17-19)23-13-11-22(34)18-25(23)30(36)41/h7-15,17-18,42H,4-6,16H2,1-3H3,(H2,36,41). The fraction of sp³-hybridized carbons (Fsp3) is 0.212. The molecule has 0 aliphatic rings. The van der Waals surface area contributed by atoms with E-state index >= 15 is 4.39 Å². The first-order chi connectivity index (χ1) is 20.7. The largest absolute Gasteiger partial charge is 0.493 e. The fourth-order valence-corrected chi connectivity index (χ4v) is 5.28. The third-order valence-electron chi connectivity index (χ3n) is 7.49. The van der Waals surface area contributed by atoms with Gasteiger partial charge in [0.15, 0.2) is 5.82 Å². The third kappa shape index (κ3) is 5.55. The monoisotopic (exact) mass is 583 g/mol. The number of amides is 1. The molecule has 0 aliphatic carbocycles. The zero-order valence-corrected chi connectivity index (χ0v) is 24.1. The molecular formula is C33H31F2N5O3. The average Bonchev–Trinajstić information content (AvgIpc) is 3.48. The molecule has 2 heterocycles. The Morgan fingerprint density at radius 2 is 1.65 bits per heavy atom. The van der Waals surface area contributed by atoms with Crippen LogP contribution in [-0.2, 0) is 25.8 Å². The Kier molecular flexibility index (Phi) is 8.20. The molecule has 0 unspecified atom stereocenters. The van der Waals surface area contributed by atoms with Crippen LogP contribution in [0.5, 0.6) is 5.88 Å². The smallest absolute Gasteiger partial charge is 0.265 e. The lowest BCUT2D eigenvalue weighted by Gasteiger charge is -2.19. The van der Waals surface area contributed by atoms with Crippen molar-refractivity contribution in [2.75, 3.05) is 0 Å². The van der Waals surface area contributed by atoms with E-state index in [-0.39, 0.29) is 34.5 Å². The molecule has 0 saturated heterocycles. The molecule has 3 N–H and O–H groups in total. The molecule has 0 spiro atoms. The van der Waals surface area contributed by atoms with Crippen molar-refractivity contribution < 1.29 is 18.7 Å². The number of primary amides is 1. The summed E-state index contributed by atoms with van der Waals surface area (Å²) in [5.74, 6) is -2.54. The van der Waals surface area contributed by atoms with Crippen LogP contribution in [0.2, 0.25) is 0 Å². The van der Waals surface area contributed by atoms with E-state index in [0.717, 1.165) is 23.3 Å². The number of carbonyl (C=O) groups excluding carboxylic acids is 1. The molecule has 10 heteroatoms. The number of para-hydroxylation sites is 1. The highest BCUT2D eigenvalue weighted by molar-refractivity contribution is 5.99. The van der Waals surface area contributed by atoms with Gasteiger partial charge in [-0.25, -0.2) is 8.78 Å². The maximum Gasteiger partial charge on any atom is 0.265 e. The average molecular weight is 584 g/mol. The summed E-state index contributed by atoms with van der Waals surface area (Å²) in [5.41, 5.74) is 8.26. The van der Waals surface area contributed by atoms with Crippen LogP contribution in [-0.4, -0.2) is 30.3 Å². The predicted octanol–water partition coefficient (Wildman–Crippen LogP) is 5.58. The highest BCUT2D eigenvalue weighted by Gasteiger charge is 2.24. The van der Waals surface area contributed by atoms with Gasteiger partial charge >= 0.3 is 0 Å². The van der Waals surface area contributed by atoms with Gasteiger partial charge in [0.2, 0.25) is 11.8 Å². The van der Waals surface area contributed by atoms with Crippen LogP contribution in [0.25, 0.3) is 28.3 Å². The summed E-state index contributed by atoms with van der Waals surface area (Å²) in [6.07, 6.45) is 2.95. The lowest BCUT2D eigenvalue weighted by molar-refractivity contribution is 0.100. The molecule has 5 rings (SSSR count). The lowest BCUT2D eigenvalue weighted by atomic mass is 9.96. The van der Waals surface area contributed by atoms with E-state index in [2.05, 4.69) is 10.1 Å². The van der Waals surface area contributed by atoms with Crippen molar-refractivity contribution in [3.05, 3.63) is 117 Å². The summed E-state index contributed by atoms with van der Waals surface area (Å²) in [5, 5.41) is 15.6. The summed E-state index contributed by atoms with van der Waals surface area (Å²) >= 11 is 0. The first kappa shape index (κ1) is 29.4. The van der Waals surface area contributed by atoms with Crippen LogP contribution >= 0.6 is 0 Å². The zero-order valence-electron chi connectivity index (χ0n) is 24.1.